The first kappa shape index (κ1) is 14.9. The maximum Gasteiger partial charge on any atom is 0.257 e. The lowest BCUT2D eigenvalue weighted by Gasteiger charge is -2.13. The molecule has 0 radical (unpaired) electrons. The summed E-state index contributed by atoms with van der Waals surface area (Å²) in [5.41, 5.74) is 1.08. The summed E-state index contributed by atoms with van der Waals surface area (Å²) < 4.78 is 5.63. The van der Waals surface area contributed by atoms with Gasteiger partial charge in [0, 0.05) is 24.7 Å². The fraction of sp³-hybridized carbons (Fsp3) is 0.562. The highest BCUT2D eigenvalue weighted by Crippen LogP contribution is 2.27. The molecule has 2 N–H and O–H groups in total. The molecule has 20 heavy (non-hydrogen) atoms. The number of hydrogen-bond donors (Lipinski definition) is 2. The Morgan fingerprint density at radius 1 is 1.35 bits per heavy atom. The van der Waals surface area contributed by atoms with Crippen molar-refractivity contribution in [2.75, 3.05) is 13.2 Å². The summed E-state index contributed by atoms with van der Waals surface area (Å²) in [6.07, 6.45) is 2.48. The lowest BCUT2D eigenvalue weighted by molar-refractivity contribution is -0.123. The van der Waals surface area contributed by atoms with Crippen LogP contribution in [0.5, 0.6) is 5.75 Å². The topological polar surface area (TPSA) is 50.4 Å². The van der Waals surface area contributed by atoms with Crippen LogP contribution in [0, 0.1) is 5.92 Å². The fourth-order valence-corrected chi connectivity index (χ4v) is 1.88. The van der Waals surface area contributed by atoms with Crippen LogP contribution < -0.4 is 15.4 Å². The van der Waals surface area contributed by atoms with Crippen LogP contribution in [0.2, 0.25) is 0 Å². The van der Waals surface area contributed by atoms with E-state index in [-0.39, 0.29) is 12.5 Å². The molecule has 1 amide bonds. The first-order chi connectivity index (χ1) is 9.65. The van der Waals surface area contributed by atoms with Crippen molar-refractivity contribution < 1.29 is 9.53 Å². The second-order valence-electron chi connectivity index (χ2n) is 5.68. The van der Waals surface area contributed by atoms with Crippen LogP contribution in [0.15, 0.2) is 24.3 Å². The normalized spacial score (nSPS) is 14.3. The number of nitrogens with one attached hydrogen (secondary N) is 2. The molecular formula is C16H24N2O2. The number of para-hydroxylation sites is 1. The molecule has 1 fully saturated rings. The standard InChI is InChI=1S/C16H24N2O2/c1-12(2)17-10-14-5-3-4-6-15(14)20-11-16(19)18-9-13-7-8-13/h3-6,12-13,17H,7-11H2,1-2H3,(H,18,19). The highest BCUT2D eigenvalue weighted by atomic mass is 16.5. The Morgan fingerprint density at radius 2 is 2.10 bits per heavy atom. The van der Waals surface area contributed by atoms with Crippen molar-refractivity contribution in [1.29, 1.82) is 0 Å². The van der Waals surface area contributed by atoms with Gasteiger partial charge in [0.25, 0.3) is 5.91 Å². The summed E-state index contributed by atoms with van der Waals surface area (Å²) in [7, 11) is 0. The molecule has 2 rings (SSSR count). The Bertz CT molecular complexity index is 442. The van der Waals surface area contributed by atoms with Crippen molar-refractivity contribution in [2.24, 2.45) is 5.92 Å². The lowest BCUT2D eigenvalue weighted by atomic mass is 10.2. The molecule has 1 aliphatic rings. The molecule has 0 atom stereocenters. The highest BCUT2D eigenvalue weighted by molar-refractivity contribution is 5.77. The molecule has 1 aliphatic carbocycles. The average Bonchev–Trinajstić information content (AvgIpc) is 3.25. The van der Waals surface area contributed by atoms with E-state index in [9.17, 15) is 4.79 Å². The Hall–Kier alpha value is -1.55. The lowest BCUT2D eigenvalue weighted by Crippen LogP contribution is -2.30. The summed E-state index contributed by atoms with van der Waals surface area (Å²) in [5, 5.41) is 6.26. The summed E-state index contributed by atoms with van der Waals surface area (Å²) in [4.78, 5) is 11.7. The Balaban J connectivity index is 1.79. The van der Waals surface area contributed by atoms with E-state index >= 15 is 0 Å². The van der Waals surface area contributed by atoms with Gasteiger partial charge in [-0.1, -0.05) is 32.0 Å². The number of carbonyl (C=O) groups excluding carboxylic acids is 1. The van der Waals surface area contributed by atoms with Gasteiger partial charge in [0.05, 0.1) is 0 Å². The minimum atomic E-state index is -0.0384. The van der Waals surface area contributed by atoms with Crippen molar-refractivity contribution in [3.8, 4) is 5.75 Å². The number of carbonyl (C=O) groups is 1. The third-order valence-electron chi connectivity index (χ3n) is 3.32. The molecule has 0 spiro atoms. The number of amides is 1. The molecular weight excluding hydrogens is 252 g/mol. The van der Waals surface area contributed by atoms with E-state index < -0.39 is 0 Å². The van der Waals surface area contributed by atoms with Gasteiger partial charge >= 0.3 is 0 Å². The molecule has 0 unspecified atom stereocenters. The van der Waals surface area contributed by atoms with Crippen LogP contribution in [0.1, 0.15) is 32.3 Å². The maximum atomic E-state index is 11.7. The maximum absolute atomic E-state index is 11.7. The highest BCUT2D eigenvalue weighted by Gasteiger charge is 2.21. The van der Waals surface area contributed by atoms with E-state index in [1.807, 2.05) is 24.3 Å². The molecule has 1 aromatic rings. The zero-order valence-electron chi connectivity index (χ0n) is 12.3. The van der Waals surface area contributed by atoms with Crippen LogP contribution in [0.3, 0.4) is 0 Å². The first-order valence-corrected chi connectivity index (χ1v) is 7.36. The van der Waals surface area contributed by atoms with Crippen molar-refractivity contribution in [1.82, 2.24) is 10.6 Å². The first-order valence-electron chi connectivity index (χ1n) is 7.36. The summed E-state index contributed by atoms with van der Waals surface area (Å²) in [6, 6.07) is 8.26. The van der Waals surface area contributed by atoms with Gasteiger partial charge in [-0.15, -0.1) is 0 Å². The van der Waals surface area contributed by atoms with Crippen LogP contribution in [0.4, 0.5) is 0 Å². The van der Waals surface area contributed by atoms with E-state index in [2.05, 4.69) is 24.5 Å². The third kappa shape index (κ3) is 5.21. The largest absolute Gasteiger partial charge is 0.483 e. The summed E-state index contributed by atoms with van der Waals surface area (Å²) in [5.74, 6) is 1.44. The molecule has 0 saturated heterocycles. The Morgan fingerprint density at radius 3 is 2.80 bits per heavy atom. The SMILES string of the molecule is CC(C)NCc1ccccc1OCC(=O)NCC1CC1. The van der Waals surface area contributed by atoms with E-state index in [0.29, 0.717) is 12.0 Å². The molecule has 0 aromatic heterocycles. The van der Waals surface area contributed by atoms with Gasteiger partial charge in [-0.2, -0.15) is 0 Å². The van der Waals surface area contributed by atoms with Crippen LogP contribution in [-0.2, 0) is 11.3 Å². The van der Waals surface area contributed by atoms with E-state index in [4.69, 9.17) is 4.74 Å². The second kappa shape index (κ2) is 7.29. The van der Waals surface area contributed by atoms with Gasteiger partial charge in [0.15, 0.2) is 6.61 Å². The van der Waals surface area contributed by atoms with E-state index in [1.165, 1.54) is 12.8 Å². The molecule has 1 aromatic carbocycles. The van der Waals surface area contributed by atoms with Crippen LogP contribution in [-0.4, -0.2) is 25.1 Å². The van der Waals surface area contributed by atoms with E-state index in [1.54, 1.807) is 0 Å². The number of hydrogen-bond acceptors (Lipinski definition) is 3. The molecule has 4 heteroatoms. The zero-order valence-corrected chi connectivity index (χ0v) is 12.3. The zero-order chi connectivity index (χ0) is 14.4. The van der Waals surface area contributed by atoms with Crippen LogP contribution >= 0.6 is 0 Å². The molecule has 110 valence electrons. The van der Waals surface area contributed by atoms with Crippen molar-refractivity contribution in [3.05, 3.63) is 29.8 Å². The Labute approximate surface area is 120 Å². The van der Waals surface area contributed by atoms with Crippen molar-refractivity contribution in [3.63, 3.8) is 0 Å². The molecule has 4 nitrogen and oxygen atoms in total. The van der Waals surface area contributed by atoms with Crippen molar-refractivity contribution in [2.45, 2.75) is 39.3 Å². The molecule has 0 bridgehead atoms. The van der Waals surface area contributed by atoms with Gasteiger partial charge in [-0.25, -0.2) is 0 Å². The van der Waals surface area contributed by atoms with Crippen LogP contribution in [0.25, 0.3) is 0 Å². The molecule has 0 heterocycles. The number of ether oxygens (including phenoxy) is 1. The fourth-order valence-electron chi connectivity index (χ4n) is 1.88. The third-order valence-corrected chi connectivity index (χ3v) is 3.32. The second-order valence-corrected chi connectivity index (χ2v) is 5.68. The predicted molar refractivity (Wildman–Crippen MR) is 79.6 cm³/mol. The van der Waals surface area contributed by atoms with E-state index in [0.717, 1.165) is 24.4 Å². The minimum absolute atomic E-state index is 0.0384. The van der Waals surface area contributed by atoms with Crippen molar-refractivity contribution >= 4 is 5.91 Å². The molecule has 0 aliphatic heterocycles. The predicted octanol–water partition coefficient (Wildman–Crippen LogP) is 2.09. The van der Waals surface area contributed by atoms with Gasteiger partial charge in [-0.05, 0) is 24.8 Å². The molecule has 1 saturated carbocycles. The monoisotopic (exact) mass is 276 g/mol. The average molecular weight is 276 g/mol. The number of benzene rings is 1. The summed E-state index contributed by atoms with van der Waals surface area (Å²) >= 11 is 0. The van der Waals surface area contributed by atoms with Gasteiger partial charge in [-0.3, -0.25) is 4.79 Å². The minimum Gasteiger partial charge on any atom is -0.483 e. The summed E-state index contributed by atoms with van der Waals surface area (Å²) in [6.45, 7) is 5.84. The van der Waals surface area contributed by atoms with Gasteiger partial charge in [0.2, 0.25) is 0 Å². The quantitative estimate of drug-likeness (QED) is 0.764. The van der Waals surface area contributed by atoms with Gasteiger partial charge in [0.1, 0.15) is 5.75 Å². The smallest absolute Gasteiger partial charge is 0.257 e. The number of rotatable bonds is 8. The Kier molecular flexibility index (Phi) is 5.41. The van der Waals surface area contributed by atoms with Gasteiger partial charge < -0.3 is 15.4 Å².